The highest BCUT2D eigenvalue weighted by atomic mass is 32.1. The predicted octanol–water partition coefficient (Wildman–Crippen LogP) is 1.89. The first-order chi connectivity index (χ1) is 8.65. The van der Waals surface area contributed by atoms with Crippen LogP contribution in [0.4, 0.5) is 5.69 Å². The molecule has 1 aromatic carbocycles. The smallest absolute Gasteiger partial charge is 0.0917 e. The van der Waals surface area contributed by atoms with Gasteiger partial charge in [0.15, 0.2) is 0 Å². The van der Waals surface area contributed by atoms with E-state index in [1.165, 1.54) is 0 Å². The molecule has 0 radical (unpaired) electrons. The Labute approximate surface area is 111 Å². The third kappa shape index (κ3) is 3.53. The summed E-state index contributed by atoms with van der Waals surface area (Å²) < 4.78 is 0. The van der Waals surface area contributed by atoms with E-state index in [9.17, 15) is 5.11 Å². The maximum Gasteiger partial charge on any atom is 0.0917 e. The van der Waals surface area contributed by atoms with E-state index in [1.807, 2.05) is 41.0 Å². The van der Waals surface area contributed by atoms with Gasteiger partial charge in [-0.25, -0.2) is 4.98 Å². The molecule has 0 fully saturated rings. The van der Waals surface area contributed by atoms with Crippen LogP contribution in [-0.4, -0.2) is 28.6 Å². The van der Waals surface area contributed by atoms with Crippen molar-refractivity contribution in [3.63, 3.8) is 0 Å². The number of likely N-dealkylation sites (N-methyl/N-ethyl adjacent to an activating group) is 1. The number of aliphatic hydroxyl groups excluding tert-OH is 1. The average Bonchev–Trinajstić information content (AvgIpc) is 2.81. The largest absolute Gasteiger partial charge is 0.399 e. The van der Waals surface area contributed by atoms with Crippen molar-refractivity contribution in [1.29, 1.82) is 0 Å². The summed E-state index contributed by atoms with van der Waals surface area (Å²) in [6.07, 6.45) is -0.530. The minimum atomic E-state index is -0.530. The topological polar surface area (TPSA) is 62.4 Å². The van der Waals surface area contributed by atoms with Crippen LogP contribution in [0.3, 0.4) is 0 Å². The molecule has 96 valence electrons. The number of anilines is 1. The number of benzene rings is 1. The van der Waals surface area contributed by atoms with Gasteiger partial charge < -0.3 is 10.8 Å². The van der Waals surface area contributed by atoms with Crippen molar-refractivity contribution in [3.8, 4) is 0 Å². The maximum absolute atomic E-state index is 10.1. The molecule has 1 atom stereocenters. The molecular formula is C13H17N3OS. The van der Waals surface area contributed by atoms with Crippen LogP contribution in [0.15, 0.2) is 35.2 Å². The molecule has 1 unspecified atom stereocenters. The Morgan fingerprint density at radius 2 is 2.33 bits per heavy atom. The second kappa shape index (κ2) is 5.95. The van der Waals surface area contributed by atoms with Crippen LogP contribution in [-0.2, 0) is 6.54 Å². The Morgan fingerprint density at radius 3 is 3.00 bits per heavy atom. The van der Waals surface area contributed by atoms with Gasteiger partial charge in [-0.05, 0) is 24.7 Å². The van der Waals surface area contributed by atoms with Crippen molar-refractivity contribution in [2.45, 2.75) is 12.6 Å². The van der Waals surface area contributed by atoms with Gasteiger partial charge in [0.25, 0.3) is 0 Å². The lowest BCUT2D eigenvalue weighted by molar-refractivity contribution is 0.123. The zero-order valence-electron chi connectivity index (χ0n) is 10.3. The van der Waals surface area contributed by atoms with Crippen LogP contribution in [0, 0.1) is 0 Å². The number of rotatable bonds is 5. The van der Waals surface area contributed by atoms with Crippen molar-refractivity contribution in [2.24, 2.45) is 0 Å². The van der Waals surface area contributed by atoms with Gasteiger partial charge >= 0.3 is 0 Å². The monoisotopic (exact) mass is 263 g/mol. The summed E-state index contributed by atoms with van der Waals surface area (Å²) in [4.78, 5) is 6.27. The summed E-state index contributed by atoms with van der Waals surface area (Å²) >= 11 is 1.58. The third-order valence-corrected chi connectivity index (χ3v) is 3.33. The first kappa shape index (κ1) is 13.0. The van der Waals surface area contributed by atoms with Crippen molar-refractivity contribution < 1.29 is 5.11 Å². The van der Waals surface area contributed by atoms with Crippen LogP contribution in [0.25, 0.3) is 0 Å². The minimum absolute atomic E-state index is 0.530. The van der Waals surface area contributed by atoms with Gasteiger partial charge in [-0.1, -0.05) is 12.1 Å². The molecule has 0 aliphatic rings. The Hall–Kier alpha value is -1.43. The number of aromatic nitrogens is 1. The van der Waals surface area contributed by atoms with Crippen molar-refractivity contribution >= 4 is 17.0 Å². The molecular weight excluding hydrogens is 246 g/mol. The fourth-order valence-corrected chi connectivity index (χ4v) is 2.37. The molecule has 0 saturated carbocycles. The van der Waals surface area contributed by atoms with Crippen LogP contribution >= 0.6 is 11.3 Å². The molecule has 0 saturated heterocycles. The Kier molecular flexibility index (Phi) is 4.30. The van der Waals surface area contributed by atoms with Crippen LogP contribution < -0.4 is 5.73 Å². The van der Waals surface area contributed by atoms with Gasteiger partial charge in [0.05, 0.1) is 17.3 Å². The fraction of sp³-hybridized carbons (Fsp3) is 0.308. The molecule has 0 amide bonds. The summed E-state index contributed by atoms with van der Waals surface area (Å²) in [5, 5.41) is 12.1. The normalized spacial score (nSPS) is 12.8. The lowest BCUT2D eigenvalue weighted by Crippen LogP contribution is -2.24. The number of hydrogen-bond acceptors (Lipinski definition) is 5. The highest BCUT2D eigenvalue weighted by Gasteiger charge is 2.11. The van der Waals surface area contributed by atoms with E-state index in [-0.39, 0.29) is 0 Å². The summed E-state index contributed by atoms with van der Waals surface area (Å²) in [6.45, 7) is 1.30. The zero-order valence-corrected chi connectivity index (χ0v) is 11.1. The first-order valence-electron chi connectivity index (χ1n) is 5.74. The highest BCUT2D eigenvalue weighted by Crippen LogP contribution is 2.17. The molecule has 2 aromatic rings. The predicted molar refractivity (Wildman–Crippen MR) is 74.3 cm³/mol. The maximum atomic E-state index is 10.1. The Balaban J connectivity index is 1.92. The lowest BCUT2D eigenvalue weighted by Gasteiger charge is -2.20. The first-order valence-corrected chi connectivity index (χ1v) is 6.68. The van der Waals surface area contributed by atoms with E-state index in [0.717, 1.165) is 17.8 Å². The van der Waals surface area contributed by atoms with Gasteiger partial charge in [-0.3, -0.25) is 4.90 Å². The van der Waals surface area contributed by atoms with Gasteiger partial charge in [0.1, 0.15) is 0 Å². The molecule has 0 spiro atoms. The summed E-state index contributed by atoms with van der Waals surface area (Å²) in [6, 6.07) is 7.36. The quantitative estimate of drug-likeness (QED) is 0.809. The van der Waals surface area contributed by atoms with Crippen molar-refractivity contribution in [1.82, 2.24) is 9.88 Å². The molecule has 5 heteroatoms. The number of thiazole rings is 1. The highest BCUT2D eigenvalue weighted by molar-refractivity contribution is 7.07. The molecule has 1 aromatic heterocycles. The van der Waals surface area contributed by atoms with Gasteiger partial charge in [-0.2, -0.15) is 0 Å². The van der Waals surface area contributed by atoms with Crippen LogP contribution in [0.5, 0.6) is 0 Å². The molecule has 1 heterocycles. The van der Waals surface area contributed by atoms with E-state index in [0.29, 0.717) is 12.2 Å². The zero-order chi connectivity index (χ0) is 13.0. The van der Waals surface area contributed by atoms with E-state index in [1.54, 1.807) is 17.4 Å². The molecule has 0 aliphatic heterocycles. The summed E-state index contributed by atoms with van der Waals surface area (Å²) in [5.74, 6) is 0. The molecule has 4 nitrogen and oxygen atoms in total. The van der Waals surface area contributed by atoms with Crippen molar-refractivity contribution in [3.05, 3.63) is 46.4 Å². The molecule has 2 rings (SSSR count). The van der Waals surface area contributed by atoms with Crippen LogP contribution in [0.1, 0.15) is 17.4 Å². The fourth-order valence-electron chi connectivity index (χ4n) is 1.82. The number of hydrogen-bond donors (Lipinski definition) is 2. The summed E-state index contributed by atoms with van der Waals surface area (Å²) in [5.41, 5.74) is 10.1. The van der Waals surface area contributed by atoms with E-state index >= 15 is 0 Å². The molecule has 18 heavy (non-hydrogen) atoms. The number of nitrogens with zero attached hydrogens (tertiary/aromatic N) is 2. The number of nitrogens with two attached hydrogens (primary N) is 1. The molecule has 0 bridgehead atoms. The van der Waals surface area contributed by atoms with E-state index in [2.05, 4.69) is 4.98 Å². The SMILES string of the molecule is CN(Cc1cscn1)CC(O)c1cccc(N)c1. The van der Waals surface area contributed by atoms with Crippen molar-refractivity contribution in [2.75, 3.05) is 19.3 Å². The summed E-state index contributed by atoms with van der Waals surface area (Å²) in [7, 11) is 1.97. The second-order valence-corrected chi connectivity index (χ2v) is 5.08. The van der Waals surface area contributed by atoms with E-state index in [4.69, 9.17) is 5.73 Å². The Bertz CT molecular complexity index is 487. The minimum Gasteiger partial charge on any atom is -0.399 e. The standard InChI is InChI=1S/C13H17N3OS/c1-16(6-12-8-18-9-15-12)7-13(17)10-3-2-4-11(14)5-10/h2-5,8-9,13,17H,6-7,14H2,1H3. The third-order valence-electron chi connectivity index (χ3n) is 2.70. The van der Waals surface area contributed by atoms with Gasteiger partial charge in [0.2, 0.25) is 0 Å². The second-order valence-electron chi connectivity index (χ2n) is 4.36. The lowest BCUT2D eigenvalue weighted by atomic mass is 10.1. The van der Waals surface area contributed by atoms with Gasteiger partial charge in [0, 0.05) is 24.2 Å². The Morgan fingerprint density at radius 1 is 1.50 bits per heavy atom. The van der Waals surface area contributed by atoms with Gasteiger partial charge in [-0.15, -0.1) is 11.3 Å². The van der Waals surface area contributed by atoms with E-state index < -0.39 is 6.10 Å². The number of aliphatic hydroxyl groups is 1. The molecule has 0 aliphatic carbocycles. The average molecular weight is 263 g/mol. The number of nitrogen functional groups attached to an aromatic ring is 1. The molecule has 3 N–H and O–H groups in total. The van der Waals surface area contributed by atoms with Crippen LogP contribution in [0.2, 0.25) is 0 Å².